The molecule has 2 heterocycles. The van der Waals surface area contributed by atoms with Crippen LogP contribution in [0.5, 0.6) is 0 Å². The monoisotopic (exact) mass is 306 g/mol. The van der Waals surface area contributed by atoms with Crippen molar-refractivity contribution in [3.63, 3.8) is 0 Å². The molecule has 2 rings (SSSR count). The Labute approximate surface area is 131 Å². The maximum Gasteiger partial charge on any atom is 0.234 e. The Morgan fingerprint density at radius 3 is 3.05 bits per heavy atom. The van der Waals surface area contributed by atoms with Gasteiger partial charge in [0.1, 0.15) is 5.82 Å². The lowest BCUT2D eigenvalue weighted by molar-refractivity contribution is -0.122. The van der Waals surface area contributed by atoms with Gasteiger partial charge >= 0.3 is 0 Å². The predicted molar refractivity (Wildman–Crippen MR) is 86.8 cm³/mol. The van der Waals surface area contributed by atoms with Gasteiger partial charge in [0.15, 0.2) is 0 Å². The molecule has 1 aromatic heterocycles. The molecule has 22 heavy (non-hydrogen) atoms. The Balaban J connectivity index is 1.54. The first-order chi connectivity index (χ1) is 10.6. The fraction of sp³-hybridized carbons (Fsp3) is 0.625. The van der Waals surface area contributed by atoms with Crippen molar-refractivity contribution in [3.8, 4) is 0 Å². The van der Waals surface area contributed by atoms with E-state index in [1.165, 1.54) is 0 Å². The molecular weight excluding hydrogens is 280 g/mol. The predicted octanol–water partition coefficient (Wildman–Crippen LogP) is 0.765. The Bertz CT molecular complexity index is 464. The normalized spacial score (nSPS) is 18.9. The highest BCUT2D eigenvalue weighted by molar-refractivity contribution is 5.77. The molecule has 0 aliphatic carbocycles. The maximum absolute atomic E-state index is 11.8. The quantitative estimate of drug-likeness (QED) is 0.649. The third kappa shape index (κ3) is 5.99. The van der Waals surface area contributed by atoms with Crippen LogP contribution in [0.1, 0.15) is 24.8 Å². The van der Waals surface area contributed by atoms with Crippen LogP contribution in [0.3, 0.4) is 0 Å². The van der Waals surface area contributed by atoms with Crippen molar-refractivity contribution in [2.24, 2.45) is 0 Å². The van der Waals surface area contributed by atoms with Crippen LogP contribution in [0.25, 0.3) is 0 Å². The van der Waals surface area contributed by atoms with Gasteiger partial charge in [-0.1, -0.05) is 6.07 Å². The topological polar surface area (TPSA) is 77.5 Å². The average Bonchev–Trinajstić information content (AvgIpc) is 2.49. The Kier molecular flexibility index (Phi) is 6.61. The molecule has 0 saturated carbocycles. The second-order valence-corrected chi connectivity index (χ2v) is 5.88. The maximum atomic E-state index is 11.8. The number of aliphatic hydroxyl groups is 1. The summed E-state index contributed by atoms with van der Waals surface area (Å²) in [6.07, 6.45) is 4.20. The second kappa shape index (κ2) is 8.70. The van der Waals surface area contributed by atoms with Gasteiger partial charge in [0, 0.05) is 25.8 Å². The van der Waals surface area contributed by atoms with Crippen LogP contribution < -0.4 is 10.6 Å². The van der Waals surface area contributed by atoms with Crippen LogP contribution in [0.2, 0.25) is 0 Å². The van der Waals surface area contributed by atoms with Gasteiger partial charge in [-0.15, -0.1) is 0 Å². The lowest BCUT2D eigenvalue weighted by atomic mass is 10.1. The Morgan fingerprint density at radius 2 is 2.32 bits per heavy atom. The highest BCUT2D eigenvalue weighted by Gasteiger charge is 2.19. The van der Waals surface area contributed by atoms with Crippen LogP contribution >= 0.6 is 0 Å². The Morgan fingerprint density at radius 1 is 1.45 bits per heavy atom. The van der Waals surface area contributed by atoms with Crippen LogP contribution in [0, 0.1) is 6.92 Å². The van der Waals surface area contributed by atoms with E-state index in [4.69, 9.17) is 0 Å². The number of nitrogens with zero attached hydrogens (tertiary/aromatic N) is 2. The van der Waals surface area contributed by atoms with Crippen LogP contribution in [-0.2, 0) is 4.79 Å². The third-order valence-electron chi connectivity index (χ3n) is 3.74. The van der Waals surface area contributed by atoms with E-state index in [0.717, 1.165) is 43.7 Å². The molecule has 1 amide bonds. The number of carbonyl (C=O) groups is 1. The minimum absolute atomic E-state index is 0.0301. The smallest absolute Gasteiger partial charge is 0.234 e. The summed E-state index contributed by atoms with van der Waals surface area (Å²) < 4.78 is 0. The molecule has 1 aliphatic rings. The summed E-state index contributed by atoms with van der Waals surface area (Å²) in [7, 11) is 0. The number of aryl methyl sites for hydroxylation is 1. The molecule has 3 N–H and O–H groups in total. The molecule has 1 atom stereocenters. The summed E-state index contributed by atoms with van der Waals surface area (Å²) in [6, 6.07) is 3.97. The van der Waals surface area contributed by atoms with Gasteiger partial charge in [0.25, 0.3) is 0 Å². The summed E-state index contributed by atoms with van der Waals surface area (Å²) in [6.45, 7) is 5.31. The SMILES string of the molecule is Cc1ccc(NCCCNC(=O)CN2CCC[C@H](O)C2)nc1. The molecule has 1 aromatic rings. The van der Waals surface area contributed by atoms with Crippen LogP contribution in [-0.4, -0.2) is 59.7 Å². The molecule has 0 bridgehead atoms. The highest BCUT2D eigenvalue weighted by atomic mass is 16.3. The summed E-state index contributed by atoms with van der Waals surface area (Å²) in [5.41, 5.74) is 1.14. The standard InChI is InChI=1S/C16H26N4O2/c1-13-5-6-15(19-10-13)17-7-3-8-18-16(22)12-20-9-2-4-14(21)11-20/h5-6,10,14,21H,2-4,7-9,11-12H2,1H3,(H,17,19)(H,18,22)/t14-/m0/s1. The van der Waals surface area contributed by atoms with E-state index < -0.39 is 0 Å². The molecule has 1 fully saturated rings. The molecule has 1 saturated heterocycles. The van der Waals surface area contributed by atoms with Crippen molar-refractivity contribution in [1.82, 2.24) is 15.2 Å². The fourth-order valence-electron chi connectivity index (χ4n) is 2.54. The zero-order chi connectivity index (χ0) is 15.8. The molecule has 6 nitrogen and oxygen atoms in total. The number of anilines is 1. The van der Waals surface area contributed by atoms with Crippen LogP contribution in [0.4, 0.5) is 5.82 Å². The number of aliphatic hydroxyl groups excluding tert-OH is 1. The van der Waals surface area contributed by atoms with E-state index in [0.29, 0.717) is 19.6 Å². The number of hydrogen-bond donors (Lipinski definition) is 3. The number of likely N-dealkylation sites (tertiary alicyclic amines) is 1. The number of amides is 1. The first-order valence-corrected chi connectivity index (χ1v) is 7.97. The van der Waals surface area contributed by atoms with Gasteiger partial charge in [-0.2, -0.15) is 0 Å². The number of carbonyl (C=O) groups excluding carboxylic acids is 1. The van der Waals surface area contributed by atoms with Crippen molar-refractivity contribution < 1.29 is 9.90 Å². The van der Waals surface area contributed by atoms with E-state index in [2.05, 4.69) is 15.6 Å². The van der Waals surface area contributed by atoms with Crippen molar-refractivity contribution in [1.29, 1.82) is 0 Å². The molecule has 122 valence electrons. The summed E-state index contributed by atoms with van der Waals surface area (Å²) in [4.78, 5) is 18.1. The molecule has 0 spiro atoms. The zero-order valence-electron chi connectivity index (χ0n) is 13.2. The van der Waals surface area contributed by atoms with Crippen molar-refractivity contribution in [2.45, 2.75) is 32.3 Å². The number of hydrogen-bond acceptors (Lipinski definition) is 5. The molecule has 6 heteroatoms. The first-order valence-electron chi connectivity index (χ1n) is 7.97. The number of aromatic nitrogens is 1. The van der Waals surface area contributed by atoms with Crippen molar-refractivity contribution in [2.75, 3.05) is 38.0 Å². The molecule has 0 radical (unpaired) electrons. The number of nitrogens with one attached hydrogen (secondary N) is 2. The van der Waals surface area contributed by atoms with Gasteiger partial charge in [-0.3, -0.25) is 9.69 Å². The van der Waals surface area contributed by atoms with Crippen molar-refractivity contribution in [3.05, 3.63) is 23.9 Å². The fourth-order valence-corrected chi connectivity index (χ4v) is 2.54. The average molecular weight is 306 g/mol. The lowest BCUT2D eigenvalue weighted by Gasteiger charge is -2.29. The van der Waals surface area contributed by atoms with Gasteiger partial charge in [0.05, 0.1) is 12.6 Å². The third-order valence-corrected chi connectivity index (χ3v) is 3.74. The summed E-state index contributed by atoms with van der Waals surface area (Å²) >= 11 is 0. The highest BCUT2D eigenvalue weighted by Crippen LogP contribution is 2.08. The summed E-state index contributed by atoms with van der Waals surface area (Å²) in [5, 5.41) is 15.7. The zero-order valence-corrected chi connectivity index (χ0v) is 13.2. The number of piperidine rings is 1. The van der Waals surface area contributed by atoms with Gasteiger partial charge in [-0.25, -0.2) is 4.98 Å². The van der Waals surface area contributed by atoms with Crippen molar-refractivity contribution >= 4 is 11.7 Å². The van der Waals surface area contributed by atoms with E-state index in [1.807, 2.05) is 30.2 Å². The van der Waals surface area contributed by atoms with E-state index in [1.54, 1.807) is 0 Å². The number of β-amino-alcohol motifs (C(OH)–C–C–N with tert-alkyl or cyclic N) is 1. The molecule has 0 unspecified atom stereocenters. The lowest BCUT2D eigenvalue weighted by Crippen LogP contribution is -2.44. The second-order valence-electron chi connectivity index (χ2n) is 5.88. The largest absolute Gasteiger partial charge is 0.392 e. The van der Waals surface area contributed by atoms with E-state index in [-0.39, 0.29) is 12.0 Å². The molecule has 0 aromatic carbocycles. The van der Waals surface area contributed by atoms with E-state index >= 15 is 0 Å². The van der Waals surface area contributed by atoms with Gasteiger partial charge in [-0.05, 0) is 44.4 Å². The number of pyridine rings is 1. The molecular formula is C16H26N4O2. The van der Waals surface area contributed by atoms with Crippen LogP contribution in [0.15, 0.2) is 18.3 Å². The molecule has 1 aliphatic heterocycles. The van der Waals surface area contributed by atoms with Gasteiger partial charge < -0.3 is 15.7 Å². The summed E-state index contributed by atoms with van der Waals surface area (Å²) in [5.74, 6) is 0.891. The van der Waals surface area contributed by atoms with Gasteiger partial charge in [0.2, 0.25) is 5.91 Å². The minimum Gasteiger partial charge on any atom is -0.392 e. The minimum atomic E-state index is -0.284. The Hall–Kier alpha value is -1.66. The first kappa shape index (κ1) is 16.7. The number of rotatable bonds is 7. The van der Waals surface area contributed by atoms with E-state index in [9.17, 15) is 9.90 Å².